The van der Waals surface area contributed by atoms with Gasteiger partial charge in [-0.15, -0.1) is 80.4 Å². The molecule has 23 nitrogen and oxygen atoms in total. The Labute approximate surface area is 502 Å². The number of amides is 1. The van der Waals surface area contributed by atoms with Crippen LogP contribution in [-0.2, 0) is 33.3 Å². The molecular formula is C50H47Cl3N6O17S6. The summed E-state index contributed by atoms with van der Waals surface area (Å²) in [5.41, 5.74) is 8.33. The largest absolute Gasteiger partial charge is 0.507 e. The summed E-state index contributed by atoms with van der Waals surface area (Å²) in [6.07, 6.45) is 1.41. The lowest BCUT2D eigenvalue weighted by molar-refractivity contribution is -0.145. The number of aromatic amines is 3. The van der Waals surface area contributed by atoms with E-state index >= 15 is 0 Å². The van der Waals surface area contributed by atoms with Gasteiger partial charge in [0.2, 0.25) is 5.91 Å². The highest BCUT2D eigenvalue weighted by molar-refractivity contribution is 7.10. The van der Waals surface area contributed by atoms with E-state index in [1.165, 1.54) is 77.0 Å². The summed E-state index contributed by atoms with van der Waals surface area (Å²) in [4.78, 5) is 109. The van der Waals surface area contributed by atoms with Gasteiger partial charge in [-0.1, -0.05) is 23.2 Å². The van der Waals surface area contributed by atoms with E-state index < -0.39 is 40.9 Å². The van der Waals surface area contributed by atoms with Crippen LogP contribution in [0.5, 0.6) is 17.2 Å². The number of aromatic nitrogens is 3. The molecule has 10 rings (SSSR count). The zero-order valence-electron chi connectivity index (χ0n) is 43.0. The van der Waals surface area contributed by atoms with E-state index in [4.69, 9.17) is 33.7 Å². The van der Waals surface area contributed by atoms with Gasteiger partial charge in [0.25, 0.3) is 16.7 Å². The predicted octanol–water partition coefficient (Wildman–Crippen LogP) is 10.1. The van der Waals surface area contributed by atoms with Crippen LogP contribution < -0.4 is 33.0 Å². The minimum atomic E-state index is -0.846. The summed E-state index contributed by atoms with van der Waals surface area (Å²) >= 11 is 20.1. The molecule has 10 N–H and O–H groups in total. The molecule has 9 aromatic rings. The first-order valence-electron chi connectivity index (χ1n) is 22.7. The first-order valence-corrected chi connectivity index (χ1v) is 29.1. The molecule has 82 heavy (non-hydrogen) atoms. The predicted molar refractivity (Wildman–Crippen MR) is 324 cm³/mol. The number of hydrogen-bond acceptors (Lipinski definition) is 25. The van der Waals surface area contributed by atoms with Crippen molar-refractivity contribution in [1.82, 2.24) is 15.0 Å². The van der Waals surface area contributed by atoms with Crippen molar-refractivity contribution < 1.29 is 67.8 Å². The van der Waals surface area contributed by atoms with Crippen molar-refractivity contribution in [1.29, 1.82) is 0 Å². The summed E-state index contributed by atoms with van der Waals surface area (Å²) in [5.74, 6) is -4.32. The minimum Gasteiger partial charge on any atom is -0.507 e. The maximum atomic E-state index is 11.6. The Hall–Kier alpha value is -7.74. The number of nitrogens with two attached hydrogens (primary N) is 1. The Morgan fingerprint density at radius 3 is 1.65 bits per heavy atom. The van der Waals surface area contributed by atoms with Gasteiger partial charge in [-0.3, -0.25) is 24.0 Å². The topological polar surface area (TPSA) is 358 Å². The number of carbonyl (C=O) groups is 6. The zero-order chi connectivity index (χ0) is 59.5. The van der Waals surface area contributed by atoms with Crippen molar-refractivity contribution in [3.05, 3.63) is 136 Å². The normalized spacial score (nSPS) is 11.6. The first kappa shape index (κ1) is 66.8. The van der Waals surface area contributed by atoms with Gasteiger partial charge in [0, 0.05) is 81.2 Å². The molecule has 1 aliphatic heterocycles. The number of hydrogen-bond donors (Lipinski definition) is 9. The van der Waals surface area contributed by atoms with Crippen molar-refractivity contribution >= 4 is 194 Å². The highest BCUT2D eigenvalue weighted by Crippen LogP contribution is 2.36. The fourth-order valence-corrected chi connectivity index (χ4v) is 11.6. The van der Waals surface area contributed by atoms with Crippen LogP contribution in [-0.4, -0.2) is 106 Å². The fourth-order valence-electron chi connectivity index (χ4n) is 6.44. The van der Waals surface area contributed by atoms with Gasteiger partial charge < -0.3 is 70.3 Å². The number of H-pyrrole nitrogens is 3. The van der Waals surface area contributed by atoms with Crippen LogP contribution in [0, 0.1) is 0 Å². The number of rotatable bonds is 9. The molecule has 10 heterocycles. The number of thiophene rings is 6. The summed E-state index contributed by atoms with van der Waals surface area (Å²) in [6.45, 7) is 3.66. The molecule has 0 aliphatic carbocycles. The molecule has 32 heteroatoms. The van der Waals surface area contributed by atoms with Crippen LogP contribution in [0.15, 0.2) is 91.1 Å². The van der Waals surface area contributed by atoms with Crippen molar-refractivity contribution in [2.24, 2.45) is 0 Å². The van der Waals surface area contributed by atoms with Crippen molar-refractivity contribution in [3.8, 4) is 17.2 Å². The van der Waals surface area contributed by atoms with Gasteiger partial charge >= 0.3 is 29.8 Å². The number of ether oxygens (including phenoxy) is 5. The lowest BCUT2D eigenvalue weighted by Crippen LogP contribution is -2.19. The Balaban J connectivity index is 0.000000213. The Morgan fingerprint density at radius 1 is 0.622 bits per heavy atom. The zero-order valence-corrected chi connectivity index (χ0v) is 50.3. The standard InChI is InChI=1S/C11H13NO5S.C10H9NO4S.C9H7NO4S.C7H5Cl2NS.C7H5NO2S.C6H7NO2S.ClH/c1-3-17-10(14)4-9(13)12-8-6-18-5-7(8)11(15)16-2;1-2-15-10(14)7-8(12)5-3-16-4-6(5)11-9(7)13;1-14-9(13)6-7(11)4-2-15-3-5(4)10-8(6)12;8-5-1-7(9)10-6-3-11-2-4(5)6;9-6-1-7(10)8-5-3-11-2-4(5)6;1-9-6(8)4-2-10-3-5(4)7;/h5-6H,3-4H2,1-2H3,(H,12,13);3-4,12H,2H2,1H3,(H,11,13);2-3,11H,1H3,(H,10,12);1-3,7,10H;1-3,9H,(H,8,10);2-3H,7H2,1H3;1H. The van der Waals surface area contributed by atoms with Crippen LogP contribution in [0.25, 0.3) is 37.7 Å². The molecule has 0 aromatic carbocycles. The fraction of sp³-hybridized carbons (Fsp3) is 0.180. The molecule has 1 unspecified atom stereocenters. The molecule has 1 aliphatic rings. The number of pyridine rings is 3. The number of fused-ring (bicyclic) bond motifs is 4. The number of nitrogen functional groups attached to an aromatic ring is 1. The SMILES string of the molecule is CCOC(=O)CC(=O)Nc1cscc1C(=O)OC.CCOC(=O)c1c(O)c2cscc2[nH]c1=O.COC(=O)c1c(O)c2cscc2[nH]c1=O.COC(=O)c1cscc1N.Cl.ClC1=CC(Cl)Nc2cscc21.O=c1cc(O)c2cscc2[nH]1. The highest BCUT2D eigenvalue weighted by atomic mass is 35.5. The Kier molecular flexibility index (Phi) is 26.1. The molecule has 0 saturated heterocycles. The minimum absolute atomic E-state index is 0. The molecule has 0 bridgehead atoms. The van der Waals surface area contributed by atoms with Gasteiger partial charge in [0.1, 0.15) is 29.2 Å². The molecule has 436 valence electrons. The van der Waals surface area contributed by atoms with Gasteiger partial charge in [-0.25, -0.2) is 19.2 Å². The number of esters is 5. The lowest BCUT2D eigenvalue weighted by Gasteiger charge is -2.15. The maximum absolute atomic E-state index is 11.6. The second kappa shape index (κ2) is 32.0. The smallest absolute Gasteiger partial charge is 0.347 e. The number of anilines is 3. The summed E-state index contributed by atoms with van der Waals surface area (Å²) in [5, 5.41) is 57.4. The van der Waals surface area contributed by atoms with Crippen LogP contribution >= 0.6 is 104 Å². The van der Waals surface area contributed by atoms with E-state index in [-0.39, 0.29) is 83.0 Å². The number of carbonyl (C=O) groups excluding carboxylic acids is 6. The number of nitrogens with one attached hydrogen (secondary N) is 5. The molecule has 1 atom stereocenters. The van der Waals surface area contributed by atoms with E-state index in [0.29, 0.717) is 49.6 Å². The maximum Gasteiger partial charge on any atom is 0.347 e. The van der Waals surface area contributed by atoms with Gasteiger partial charge in [-0.05, 0) is 19.9 Å². The molecule has 1 amide bonds. The number of alkyl halides is 1. The van der Waals surface area contributed by atoms with Crippen molar-refractivity contribution in [2.45, 2.75) is 25.8 Å². The second-order valence-corrected chi connectivity index (χ2v) is 20.7. The van der Waals surface area contributed by atoms with Crippen molar-refractivity contribution in [2.75, 3.05) is 50.9 Å². The van der Waals surface area contributed by atoms with Gasteiger partial charge in [-0.2, -0.15) is 0 Å². The van der Waals surface area contributed by atoms with E-state index in [0.717, 1.165) is 23.4 Å². The van der Waals surface area contributed by atoms with Crippen molar-refractivity contribution in [3.63, 3.8) is 0 Å². The van der Waals surface area contributed by atoms with Gasteiger partial charge in [0.15, 0.2) is 11.1 Å². The van der Waals surface area contributed by atoms with Crippen LogP contribution in [0.1, 0.15) is 67.3 Å². The Bertz CT molecular complexity index is 3910. The molecule has 0 saturated carbocycles. The van der Waals surface area contributed by atoms with Crippen LogP contribution in [0.4, 0.5) is 17.1 Å². The Morgan fingerprint density at radius 2 is 1.11 bits per heavy atom. The molecule has 0 spiro atoms. The van der Waals surface area contributed by atoms with E-state index in [1.54, 1.807) is 85.1 Å². The third kappa shape index (κ3) is 17.6. The third-order valence-electron chi connectivity index (χ3n) is 10.1. The van der Waals surface area contributed by atoms with Crippen LogP contribution in [0.2, 0.25) is 0 Å². The quantitative estimate of drug-likeness (QED) is 0.0213. The second-order valence-electron chi connectivity index (χ2n) is 15.4. The van der Waals surface area contributed by atoms with Crippen LogP contribution in [0.3, 0.4) is 0 Å². The summed E-state index contributed by atoms with van der Waals surface area (Å²) in [6, 6.07) is 1.18. The number of halogens is 3. The average Bonchev–Trinajstić information content (AvgIpc) is 4.38. The van der Waals surface area contributed by atoms with E-state index in [2.05, 4.69) is 44.5 Å². The molecule has 0 fully saturated rings. The number of methoxy groups -OCH3 is 3. The monoisotopic (exact) mass is 1300 g/mol. The summed E-state index contributed by atoms with van der Waals surface area (Å²) < 4.78 is 22.8. The number of aromatic hydroxyl groups is 3. The average molecular weight is 1300 g/mol. The third-order valence-corrected chi connectivity index (χ3v) is 15.2. The molecule has 9 aromatic heterocycles. The first-order chi connectivity index (χ1) is 38.7. The lowest BCUT2D eigenvalue weighted by atomic mass is 10.2. The van der Waals surface area contributed by atoms with E-state index in [1.807, 2.05) is 10.8 Å². The molecule has 0 radical (unpaired) electrons. The highest BCUT2D eigenvalue weighted by Gasteiger charge is 2.22. The van der Waals surface area contributed by atoms with Gasteiger partial charge in [0.05, 0.1) is 95.4 Å². The molecular weight excluding hydrogens is 1260 g/mol. The van der Waals surface area contributed by atoms with E-state index in [9.17, 15) is 58.5 Å². The summed E-state index contributed by atoms with van der Waals surface area (Å²) in [7, 11) is 3.74.